The lowest BCUT2D eigenvalue weighted by atomic mass is 10.0. The van der Waals surface area contributed by atoms with Crippen molar-refractivity contribution in [3.63, 3.8) is 0 Å². The Balaban J connectivity index is 1.78. The largest absolute Gasteiger partial charge is 0.394 e. The Hall–Kier alpha value is -0.940. The van der Waals surface area contributed by atoms with E-state index in [0.29, 0.717) is 5.92 Å². The zero-order valence-corrected chi connectivity index (χ0v) is 11.0. The van der Waals surface area contributed by atoms with Crippen LogP contribution in [0.4, 0.5) is 0 Å². The SMILES string of the molecule is CN1CCC(Cc2nnc3n2C(CO)CCC3)C1. The molecule has 0 bridgehead atoms. The molecule has 2 aliphatic heterocycles. The molecule has 0 aliphatic carbocycles. The monoisotopic (exact) mass is 250 g/mol. The van der Waals surface area contributed by atoms with Gasteiger partial charge in [0.2, 0.25) is 0 Å². The van der Waals surface area contributed by atoms with Crippen LogP contribution in [-0.2, 0) is 12.8 Å². The molecule has 1 saturated heterocycles. The van der Waals surface area contributed by atoms with Crippen molar-refractivity contribution in [3.05, 3.63) is 11.6 Å². The minimum absolute atomic E-state index is 0.206. The van der Waals surface area contributed by atoms with E-state index in [4.69, 9.17) is 0 Å². The summed E-state index contributed by atoms with van der Waals surface area (Å²) >= 11 is 0. The van der Waals surface area contributed by atoms with E-state index in [0.717, 1.165) is 43.9 Å². The molecule has 5 nitrogen and oxygen atoms in total. The number of nitrogens with zero attached hydrogens (tertiary/aromatic N) is 4. The van der Waals surface area contributed by atoms with Gasteiger partial charge in [0, 0.05) is 19.4 Å². The second kappa shape index (κ2) is 4.97. The molecule has 2 aliphatic rings. The number of aliphatic hydroxyl groups excluding tert-OH is 1. The molecule has 1 aromatic heterocycles. The first-order valence-corrected chi connectivity index (χ1v) is 7.00. The van der Waals surface area contributed by atoms with Gasteiger partial charge >= 0.3 is 0 Å². The average Bonchev–Trinajstić information content (AvgIpc) is 2.97. The molecular weight excluding hydrogens is 228 g/mol. The van der Waals surface area contributed by atoms with Gasteiger partial charge in [0.05, 0.1) is 12.6 Å². The Labute approximate surface area is 108 Å². The van der Waals surface area contributed by atoms with Crippen molar-refractivity contribution in [1.82, 2.24) is 19.7 Å². The molecule has 5 heteroatoms. The molecule has 1 aromatic rings. The van der Waals surface area contributed by atoms with Crippen LogP contribution in [0.1, 0.15) is 37.0 Å². The van der Waals surface area contributed by atoms with E-state index in [9.17, 15) is 5.11 Å². The van der Waals surface area contributed by atoms with E-state index in [1.807, 2.05) is 0 Å². The summed E-state index contributed by atoms with van der Waals surface area (Å²) in [7, 11) is 2.18. The fraction of sp³-hybridized carbons (Fsp3) is 0.846. The topological polar surface area (TPSA) is 54.2 Å². The first kappa shape index (κ1) is 12.1. The molecule has 1 fully saturated rings. The summed E-state index contributed by atoms with van der Waals surface area (Å²) < 4.78 is 2.21. The first-order valence-electron chi connectivity index (χ1n) is 7.00. The number of hydrogen-bond acceptors (Lipinski definition) is 4. The summed E-state index contributed by atoms with van der Waals surface area (Å²) in [4.78, 5) is 2.38. The van der Waals surface area contributed by atoms with Crippen molar-refractivity contribution in [2.75, 3.05) is 26.7 Å². The average molecular weight is 250 g/mol. The molecule has 0 aromatic carbocycles. The van der Waals surface area contributed by atoms with Crippen LogP contribution < -0.4 is 0 Å². The van der Waals surface area contributed by atoms with Crippen LogP contribution in [0.25, 0.3) is 0 Å². The smallest absolute Gasteiger partial charge is 0.133 e. The Morgan fingerprint density at radius 2 is 2.22 bits per heavy atom. The molecule has 2 atom stereocenters. The molecule has 100 valence electrons. The molecule has 0 saturated carbocycles. The number of aromatic nitrogens is 3. The van der Waals surface area contributed by atoms with Gasteiger partial charge in [-0.2, -0.15) is 0 Å². The number of hydrogen-bond donors (Lipinski definition) is 1. The summed E-state index contributed by atoms with van der Waals surface area (Å²) in [5, 5.41) is 18.2. The van der Waals surface area contributed by atoms with Crippen LogP contribution in [0.3, 0.4) is 0 Å². The zero-order valence-electron chi connectivity index (χ0n) is 11.0. The fourth-order valence-corrected chi connectivity index (χ4v) is 3.34. The molecule has 3 rings (SSSR count). The van der Waals surface area contributed by atoms with Crippen LogP contribution in [-0.4, -0.2) is 51.5 Å². The molecule has 2 unspecified atom stereocenters. The van der Waals surface area contributed by atoms with Crippen LogP contribution in [0.15, 0.2) is 0 Å². The van der Waals surface area contributed by atoms with Gasteiger partial charge in [-0.1, -0.05) is 0 Å². The second-order valence-electron chi connectivity index (χ2n) is 5.75. The highest BCUT2D eigenvalue weighted by Gasteiger charge is 2.27. The maximum absolute atomic E-state index is 9.50. The standard InChI is InChI=1S/C13H22N4O/c1-16-6-5-10(8-16)7-13-15-14-12-4-2-3-11(9-18)17(12)13/h10-11,18H,2-9H2,1H3. The highest BCUT2D eigenvalue weighted by Crippen LogP contribution is 2.27. The van der Waals surface area contributed by atoms with Crippen molar-refractivity contribution in [1.29, 1.82) is 0 Å². The van der Waals surface area contributed by atoms with Gasteiger partial charge in [0.1, 0.15) is 11.6 Å². The Morgan fingerprint density at radius 3 is 2.94 bits per heavy atom. The van der Waals surface area contributed by atoms with Crippen molar-refractivity contribution < 1.29 is 5.11 Å². The lowest BCUT2D eigenvalue weighted by Gasteiger charge is -2.25. The van der Waals surface area contributed by atoms with Crippen LogP contribution in [0, 0.1) is 5.92 Å². The molecule has 0 amide bonds. The van der Waals surface area contributed by atoms with Gasteiger partial charge in [-0.25, -0.2) is 0 Å². The van der Waals surface area contributed by atoms with Crippen molar-refractivity contribution in [3.8, 4) is 0 Å². The number of fused-ring (bicyclic) bond motifs is 1. The van der Waals surface area contributed by atoms with E-state index in [1.165, 1.54) is 13.0 Å². The number of rotatable bonds is 3. The van der Waals surface area contributed by atoms with Crippen molar-refractivity contribution in [2.45, 2.75) is 38.1 Å². The van der Waals surface area contributed by atoms with E-state index < -0.39 is 0 Å². The normalized spacial score (nSPS) is 28.6. The number of aryl methyl sites for hydroxylation is 1. The predicted molar refractivity (Wildman–Crippen MR) is 68.4 cm³/mol. The quantitative estimate of drug-likeness (QED) is 0.855. The van der Waals surface area contributed by atoms with E-state index in [2.05, 4.69) is 26.7 Å². The second-order valence-corrected chi connectivity index (χ2v) is 5.75. The summed E-state index contributed by atoms with van der Waals surface area (Å²) in [5.74, 6) is 2.86. The van der Waals surface area contributed by atoms with Gasteiger partial charge in [-0.3, -0.25) is 0 Å². The third-order valence-electron chi connectivity index (χ3n) is 4.31. The van der Waals surface area contributed by atoms with Gasteiger partial charge in [-0.15, -0.1) is 10.2 Å². The van der Waals surface area contributed by atoms with Crippen LogP contribution in [0.2, 0.25) is 0 Å². The maximum Gasteiger partial charge on any atom is 0.133 e. The van der Waals surface area contributed by atoms with Gasteiger partial charge < -0.3 is 14.6 Å². The summed E-state index contributed by atoms with van der Waals surface area (Å²) in [6.07, 6.45) is 5.44. The minimum Gasteiger partial charge on any atom is -0.394 e. The Bertz CT molecular complexity index is 417. The van der Waals surface area contributed by atoms with E-state index in [-0.39, 0.29) is 12.6 Å². The van der Waals surface area contributed by atoms with Crippen LogP contribution >= 0.6 is 0 Å². The highest BCUT2D eigenvalue weighted by molar-refractivity contribution is 5.04. The molecular formula is C13H22N4O. The zero-order chi connectivity index (χ0) is 12.5. The highest BCUT2D eigenvalue weighted by atomic mass is 16.3. The van der Waals surface area contributed by atoms with Crippen LogP contribution in [0.5, 0.6) is 0 Å². The number of aliphatic hydroxyl groups is 1. The summed E-state index contributed by atoms with van der Waals surface area (Å²) in [6.45, 7) is 2.56. The third kappa shape index (κ3) is 2.17. The van der Waals surface area contributed by atoms with Gasteiger partial charge in [0.15, 0.2) is 0 Å². The fourth-order valence-electron chi connectivity index (χ4n) is 3.34. The van der Waals surface area contributed by atoms with E-state index in [1.54, 1.807) is 0 Å². The van der Waals surface area contributed by atoms with Gasteiger partial charge in [-0.05, 0) is 38.8 Å². The van der Waals surface area contributed by atoms with Crippen molar-refractivity contribution >= 4 is 0 Å². The lowest BCUT2D eigenvalue weighted by Crippen LogP contribution is -2.24. The summed E-state index contributed by atoms with van der Waals surface area (Å²) in [5.41, 5.74) is 0. The van der Waals surface area contributed by atoms with E-state index >= 15 is 0 Å². The van der Waals surface area contributed by atoms with Gasteiger partial charge in [0.25, 0.3) is 0 Å². The molecule has 0 radical (unpaired) electrons. The predicted octanol–water partition coefficient (Wildman–Crippen LogP) is 0.642. The minimum atomic E-state index is 0.206. The first-order chi connectivity index (χ1) is 8.78. The molecule has 1 N–H and O–H groups in total. The van der Waals surface area contributed by atoms with Crippen molar-refractivity contribution in [2.24, 2.45) is 5.92 Å². The third-order valence-corrected chi connectivity index (χ3v) is 4.31. The molecule has 3 heterocycles. The maximum atomic E-state index is 9.50. The Morgan fingerprint density at radius 1 is 1.33 bits per heavy atom. The number of likely N-dealkylation sites (tertiary alicyclic amines) is 1. The molecule has 18 heavy (non-hydrogen) atoms. The molecule has 0 spiro atoms. The summed E-state index contributed by atoms with van der Waals surface area (Å²) in [6, 6.07) is 0.206. The lowest BCUT2D eigenvalue weighted by molar-refractivity contribution is 0.202. The Kier molecular flexibility index (Phi) is 3.35.